The molecule has 0 aromatic carbocycles. The largest absolute Gasteiger partial charge is 0.0822 e. The number of allylic oxidation sites excluding steroid dienone is 2. The maximum absolute atomic E-state index is 2.55. The minimum atomic E-state index is 0.784. The second-order valence-electron chi connectivity index (χ2n) is 6.15. The zero-order valence-corrected chi connectivity index (χ0v) is 11.2. The molecule has 0 bridgehead atoms. The first-order valence-electron chi connectivity index (χ1n) is 6.68. The molecular weight excluding hydrogens is 180 g/mol. The van der Waals surface area contributed by atoms with Gasteiger partial charge in [-0.05, 0) is 42.9 Å². The van der Waals surface area contributed by atoms with Gasteiger partial charge in [-0.25, -0.2) is 0 Å². The van der Waals surface area contributed by atoms with Gasteiger partial charge in [-0.1, -0.05) is 52.7 Å². The molecule has 0 N–H and O–H groups in total. The predicted molar refractivity (Wildman–Crippen MR) is 68.9 cm³/mol. The normalized spacial score (nSPS) is 24.9. The summed E-state index contributed by atoms with van der Waals surface area (Å²) in [5.74, 6) is 3.45. The maximum Gasteiger partial charge on any atom is -0.0234 e. The topological polar surface area (TPSA) is 0 Å². The van der Waals surface area contributed by atoms with Crippen LogP contribution in [0.5, 0.6) is 0 Å². The molecule has 1 rings (SSSR count). The molecule has 0 heterocycles. The van der Waals surface area contributed by atoms with Crippen LogP contribution in [0.15, 0.2) is 11.6 Å². The summed E-state index contributed by atoms with van der Waals surface area (Å²) < 4.78 is 0. The van der Waals surface area contributed by atoms with E-state index in [2.05, 4.69) is 40.7 Å². The highest BCUT2D eigenvalue weighted by atomic mass is 14.3. The summed E-state index contributed by atoms with van der Waals surface area (Å²) in [7, 11) is 0. The smallest absolute Gasteiger partial charge is 0.0234 e. The van der Waals surface area contributed by atoms with Crippen LogP contribution in [-0.4, -0.2) is 0 Å². The number of rotatable bonds is 5. The lowest BCUT2D eigenvalue weighted by atomic mass is 9.78. The molecule has 0 amide bonds. The quantitative estimate of drug-likeness (QED) is 0.555. The van der Waals surface area contributed by atoms with Crippen LogP contribution in [0.25, 0.3) is 0 Å². The Morgan fingerprint density at radius 2 is 1.73 bits per heavy atom. The Balaban J connectivity index is 2.27. The van der Waals surface area contributed by atoms with Crippen LogP contribution >= 0.6 is 0 Å². The van der Waals surface area contributed by atoms with Crippen molar-refractivity contribution < 1.29 is 0 Å². The minimum absolute atomic E-state index is 0.784. The minimum Gasteiger partial charge on any atom is -0.0822 e. The van der Waals surface area contributed by atoms with E-state index in [1.807, 2.05) is 0 Å². The predicted octanol–water partition coefficient (Wildman–Crippen LogP) is 5.05. The van der Waals surface area contributed by atoms with Crippen molar-refractivity contribution in [1.29, 1.82) is 0 Å². The Bertz CT molecular complexity index is 204. The van der Waals surface area contributed by atoms with Gasteiger partial charge in [0.05, 0.1) is 0 Å². The fourth-order valence-electron chi connectivity index (χ4n) is 2.37. The molecule has 0 heteroatoms. The molecule has 2 unspecified atom stereocenters. The summed E-state index contributed by atoms with van der Waals surface area (Å²) in [6.07, 6.45) is 8.04. The summed E-state index contributed by atoms with van der Waals surface area (Å²) >= 11 is 0. The molecule has 15 heavy (non-hydrogen) atoms. The van der Waals surface area contributed by atoms with Crippen molar-refractivity contribution in [3.8, 4) is 0 Å². The van der Waals surface area contributed by atoms with E-state index in [1.165, 1.54) is 25.7 Å². The van der Waals surface area contributed by atoms with E-state index in [1.54, 1.807) is 5.57 Å². The van der Waals surface area contributed by atoms with Gasteiger partial charge >= 0.3 is 0 Å². The molecule has 0 saturated heterocycles. The van der Waals surface area contributed by atoms with Crippen molar-refractivity contribution in [2.24, 2.45) is 23.7 Å². The summed E-state index contributed by atoms with van der Waals surface area (Å²) in [5, 5.41) is 0. The van der Waals surface area contributed by atoms with E-state index in [4.69, 9.17) is 0 Å². The Kier molecular flexibility index (Phi) is 4.89. The second kappa shape index (κ2) is 5.72. The molecule has 1 fully saturated rings. The maximum atomic E-state index is 2.55. The van der Waals surface area contributed by atoms with Crippen LogP contribution in [0.2, 0.25) is 0 Å². The summed E-state index contributed by atoms with van der Waals surface area (Å²) in [6, 6.07) is 0. The molecule has 0 aliphatic heterocycles. The molecule has 2 atom stereocenters. The zero-order valence-electron chi connectivity index (χ0n) is 11.2. The summed E-state index contributed by atoms with van der Waals surface area (Å²) in [6.45, 7) is 11.8. The third-order valence-corrected chi connectivity index (χ3v) is 3.82. The first-order valence-corrected chi connectivity index (χ1v) is 6.68. The van der Waals surface area contributed by atoms with Crippen molar-refractivity contribution in [3.05, 3.63) is 11.6 Å². The molecule has 1 aliphatic carbocycles. The van der Waals surface area contributed by atoms with Crippen LogP contribution in [0.4, 0.5) is 0 Å². The zero-order chi connectivity index (χ0) is 11.4. The lowest BCUT2D eigenvalue weighted by molar-refractivity contribution is 0.374. The molecule has 0 aromatic rings. The number of hydrogen-bond acceptors (Lipinski definition) is 0. The van der Waals surface area contributed by atoms with Gasteiger partial charge in [-0.3, -0.25) is 0 Å². The summed E-state index contributed by atoms with van der Waals surface area (Å²) in [5.41, 5.74) is 1.71. The number of hydrogen-bond donors (Lipinski definition) is 0. The molecule has 88 valence electrons. The van der Waals surface area contributed by atoms with Crippen molar-refractivity contribution in [1.82, 2.24) is 0 Å². The van der Waals surface area contributed by atoms with E-state index in [0.717, 1.165) is 23.7 Å². The van der Waals surface area contributed by atoms with Gasteiger partial charge in [0.15, 0.2) is 0 Å². The Labute approximate surface area is 96.2 Å². The average Bonchev–Trinajstić information content (AvgIpc) is 2.11. The van der Waals surface area contributed by atoms with Gasteiger partial charge < -0.3 is 0 Å². The third-order valence-electron chi connectivity index (χ3n) is 3.82. The SMILES string of the molecule is CC(C)CCC(C)C(C)C=C1CC(C)C1. The van der Waals surface area contributed by atoms with Gasteiger partial charge in [0.1, 0.15) is 0 Å². The van der Waals surface area contributed by atoms with Gasteiger partial charge in [-0.15, -0.1) is 0 Å². The molecule has 1 aliphatic rings. The molecular formula is C15H28. The average molecular weight is 208 g/mol. The molecule has 0 nitrogen and oxygen atoms in total. The molecule has 1 saturated carbocycles. The van der Waals surface area contributed by atoms with Crippen LogP contribution in [0, 0.1) is 23.7 Å². The third kappa shape index (κ3) is 4.40. The highest BCUT2D eigenvalue weighted by molar-refractivity contribution is 5.13. The van der Waals surface area contributed by atoms with Gasteiger partial charge in [0.25, 0.3) is 0 Å². The van der Waals surface area contributed by atoms with E-state index in [9.17, 15) is 0 Å². The van der Waals surface area contributed by atoms with Crippen LogP contribution in [0.3, 0.4) is 0 Å². The second-order valence-corrected chi connectivity index (χ2v) is 6.15. The molecule has 0 aromatic heterocycles. The first-order chi connectivity index (χ1) is 6.99. The fourth-order valence-corrected chi connectivity index (χ4v) is 2.37. The van der Waals surface area contributed by atoms with Gasteiger partial charge in [0, 0.05) is 0 Å². The summed E-state index contributed by atoms with van der Waals surface area (Å²) in [4.78, 5) is 0. The van der Waals surface area contributed by atoms with Crippen molar-refractivity contribution in [2.45, 2.75) is 60.3 Å². The van der Waals surface area contributed by atoms with Crippen LogP contribution < -0.4 is 0 Å². The van der Waals surface area contributed by atoms with Crippen LogP contribution in [-0.2, 0) is 0 Å². The lowest BCUT2D eigenvalue weighted by Crippen LogP contribution is -2.14. The Morgan fingerprint density at radius 3 is 2.20 bits per heavy atom. The van der Waals surface area contributed by atoms with Crippen molar-refractivity contribution >= 4 is 0 Å². The van der Waals surface area contributed by atoms with E-state index < -0.39 is 0 Å². The Morgan fingerprint density at radius 1 is 1.13 bits per heavy atom. The highest BCUT2D eigenvalue weighted by Crippen LogP contribution is 2.34. The lowest BCUT2D eigenvalue weighted by Gasteiger charge is -2.28. The fraction of sp³-hybridized carbons (Fsp3) is 0.867. The van der Waals surface area contributed by atoms with Crippen molar-refractivity contribution in [2.75, 3.05) is 0 Å². The molecule has 0 radical (unpaired) electrons. The van der Waals surface area contributed by atoms with Crippen LogP contribution in [0.1, 0.15) is 60.3 Å². The monoisotopic (exact) mass is 208 g/mol. The van der Waals surface area contributed by atoms with Gasteiger partial charge in [0.2, 0.25) is 0 Å². The Hall–Kier alpha value is -0.260. The highest BCUT2D eigenvalue weighted by Gasteiger charge is 2.20. The standard InChI is InChI=1S/C15H28/c1-11(2)6-7-13(4)14(5)10-15-8-12(3)9-15/h10-14H,6-9H2,1-5H3. The van der Waals surface area contributed by atoms with Gasteiger partial charge in [-0.2, -0.15) is 0 Å². The first kappa shape index (κ1) is 12.8. The van der Waals surface area contributed by atoms with E-state index in [-0.39, 0.29) is 0 Å². The van der Waals surface area contributed by atoms with E-state index >= 15 is 0 Å². The molecule has 0 spiro atoms. The van der Waals surface area contributed by atoms with E-state index in [0.29, 0.717) is 0 Å². The van der Waals surface area contributed by atoms with Crippen molar-refractivity contribution in [3.63, 3.8) is 0 Å².